The number of anilines is 1. The van der Waals surface area contributed by atoms with E-state index in [9.17, 15) is 14.4 Å². The van der Waals surface area contributed by atoms with E-state index in [-0.39, 0.29) is 41.5 Å². The second-order valence-corrected chi connectivity index (χ2v) is 8.14. The van der Waals surface area contributed by atoms with Gasteiger partial charge in [-0.2, -0.15) is 0 Å². The van der Waals surface area contributed by atoms with Crippen LogP contribution in [0.3, 0.4) is 0 Å². The lowest BCUT2D eigenvalue weighted by Crippen LogP contribution is -2.38. The first kappa shape index (κ1) is 17.6. The van der Waals surface area contributed by atoms with Gasteiger partial charge in [0.1, 0.15) is 6.54 Å². The molecule has 2 aliphatic rings. The minimum atomic E-state index is -0.330. The first-order valence-electron chi connectivity index (χ1n) is 9.03. The summed E-state index contributed by atoms with van der Waals surface area (Å²) < 4.78 is 0. The summed E-state index contributed by atoms with van der Waals surface area (Å²) in [7, 11) is 0. The van der Waals surface area contributed by atoms with E-state index in [0.29, 0.717) is 5.69 Å². The van der Waals surface area contributed by atoms with Crippen LogP contribution in [0.15, 0.2) is 24.3 Å². The Morgan fingerprint density at radius 1 is 1.04 bits per heavy atom. The molecule has 25 heavy (non-hydrogen) atoms. The molecule has 1 aromatic carbocycles. The lowest BCUT2D eigenvalue weighted by molar-refractivity contribution is -0.142. The van der Waals surface area contributed by atoms with Crippen LogP contribution in [-0.2, 0) is 19.8 Å². The van der Waals surface area contributed by atoms with Crippen LogP contribution in [0, 0.1) is 11.8 Å². The van der Waals surface area contributed by atoms with E-state index in [2.05, 4.69) is 26.1 Å². The highest BCUT2D eigenvalue weighted by molar-refractivity contribution is 6.08. The Hall–Kier alpha value is -2.17. The van der Waals surface area contributed by atoms with E-state index in [0.717, 1.165) is 30.6 Å². The Kier molecular flexibility index (Phi) is 4.67. The summed E-state index contributed by atoms with van der Waals surface area (Å²) in [5.74, 6) is -1.09. The highest BCUT2D eigenvalue weighted by Gasteiger charge is 2.48. The highest BCUT2D eigenvalue weighted by Crippen LogP contribution is 2.37. The van der Waals surface area contributed by atoms with Crippen molar-refractivity contribution >= 4 is 23.4 Å². The molecule has 0 unspecified atom stereocenters. The number of nitrogens with zero attached hydrogens (tertiary/aromatic N) is 1. The molecule has 5 heteroatoms. The number of hydrogen-bond acceptors (Lipinski definition) is 3. The second kappa shape index (κ2) is 6.62. The van der Waals surface area contributed by atoms with E-state index in [1.54, 1.807) is 0 Å². The average molecular weight is 342 g/mol. The molecule has 1 aromatic rings. The van der Waals surface area contributed by atoms with Gasteiger partial charge in [-0.3, -0.25) is 19.3 Å². The minimum absolute atomic E-state index is 0.0488. The maximum absolute atomic E-state index is 12.4. The van der Waals surface area contributed by atoms with E-state index in [1.165, 1.54) is 5.56 Å². The molecule has 0 bridgehead atoms. The summed E-state index contributed by atoms with van der Waals surface area (Å²) in [4.78, 5) is 38.3. The van der Waals surface area contributed by atoms with Crippen LogP contribution in [0.25, 0.3) is 0 Å². The van der Waals surface area contributed by atoms with Gasteiger partial charge in [0.2, 0.25) is 17.7 Å². The lowest BCUT2D eigenvalue weighted by atomic mass is 9.81. The number of carbonyl (C=O) groups excluding carboxylic acids is 3. The van der Waals surface area contributed by atoms with Gasteiger partial charge in [0.15, 0.2) is 0 Å². The van der Waals surface area contributed by atoms with E-state index in [4.69, 9.17) is 0 Å². The zero-order valence-corrected chi connectivity index (χ0v) is 15.2. The first-order valence-corrected chi connectivity index (χ1v) is 9.03. The van der Waals surface area contributed by atoms with Crippen molar-refractivity contribution in [2.24, 2.45) is 11.8 Å². The molecular weight excluding hydrogens is 316 g/mol. The van der Waals surface area contributed by atoms with Gasteiger partial charge in [-0.15, -0.1) is 0 Å². The molecule has 5 nitrogen and oxygen atoms in total. The van der Waals surface area contributed by atoms with Crippen LogP contribution in [0.5, 0.6) is 0 Å². The fraction of sp³-hybridized carbons (Fsp3) is 0.550. The topological polar surface area (TPSA) is 66.5 Å². The van der Waals surface area contributed by atoms with Gasteiger partial charge >= 0.3 is 0 Å². The SMILES string of the molecule is CC(C)(C)c1ccc(NC(=O)CN2C(=O)[C@H]3CCCC[C@@H]3C2=O)cc1. The van der Waals surface area contributed by atoms with Crippen molar-refractivity contribution in [1.29, 1.82) is 0 Å². The summed E-state index contributed by atoms with van der Waals surface area (Å²) >= 11 is 0. The summed E-state index contributed by atoms with van der Waals surface area (Å²) in [6, 6.07) is 7.67. The van der Waals surface area contributed by atoms with E-state index >= 15 is 0 Å². The molecule has 3 rings (SSSR count). The normalized spacial score (nSPS) is 23.6. The van der Waals surface area contributed by atoms with E-state index < -0.39 is 0 Å². The Balaban J connectivity index is 1.63. The van der Waals surface area contributed by atoms with Crippen molar-refractivity contribution in [1.82, 2.24) is 4.90 Å². The number of nitrogens with one attached hydrogen (secondary N) is 1. The third kappa shape index (κ3) is 3.60. The smallest absolute Gasteiger partial charge is 0.244 e. The highest BCUT2D eigenvalue weighted by atomic mass is 16.2. The van der Waals surface area contributed by atoms with Gasteiger partial charge in [-0.1, -0.05) is 45.7 Å². The molecule has 2 fully saturated rings. The number of fused-ring (bicyclic) bond motifs is 1. The lowest BCUT2D eigenvalue weighted by Gasteiger charge is -2.19. The molecule has 1 heterocycles. The predicted molar refractivity (Wildman–Crippen MR) is 95.9 cm³/mol. The zero-order valence-electron chi connectivity index (χ0n) is 15.2. The summed E-state index contributed by atoms with van der Waals surface area (Å²) in [6.07, 6.45) is 3.50. The fourth-order valence-corrected chi connectivity index (χ4v) is 3.78. The molecule has 3 amide bonds. The molecule has 1 N–H and O–H groups in total. The quantitative estimate of drug-likeness (QED) is 0.859. The van der Waals surface area contributed by atoms with Crippen molar-refractivity contribution in [3.05, 3.63) is 29.8 Å². The van der Waals surface area contributed by atoms with Crippen molar-refractivity contribution in [3.8, 4) is 0 Å². The predicted octanol–water partition coefficient (Wildman–Crippen LogP) is 3.10. The van der Waals surface area contributed by atoms with Crippen LogP contribution < -0.4 is 5.32 Å². The summed E-state index contributed by atoms with van der Waals surface area (Å²) in [5, 5.41) is 2.78. The largest absolute Gasteiger partial charge is 0.325 e. The molecular formula is C20H26N2O3. The molecule has 1 saturated carbocycles. The van der Waals surface area contributed by atoms with Gasteiger partial charge < -0.3 is 5.32 Å². The van der Waals surface area contributed by atoms with Crippen LogP contribution in [0.1, 0.15) is 52.0 Å². The van der Waals surface area contributed by atoms with E-state index in [1.807, 2.05) is 24.3 Å². The first-order chi connectivity index (χ1) is 11.8. The summed E-state index contributed by atoms with van der Waals surface area (Å²) in [6.45, 7) is 6.20. The maximum Gasteiger partial charge on any atom is 0.244 e. The number of benzene rings is 1. The molecule has 1 aliphatic heterocycles. The molecule has 0 aromatic heterocycles. The van der Waals surface area contributed by atoms with Crippen LogP contribution in [0.2, 0.25) is 0 Å². The number of imide groups is 1. The molecule has 134 valence electrons. The number of rotatable bonds is 3. The Morgan fingerprint density at radius 2 is 1.56 bits per heavy atom. The molecule has 1 aliphatic carbocycles. The van der Waals surface area contributed by atoms with Gasteiger partial charge in [-0.05, 0) is 36.0 Å². The standard InChI is InChI=1S/C20H26N2O3/c1-20(2,3)13-8-10-14(11-9-13)21-17(23)12-22-18(24)15-6-4-5-7-16(15)19(22)25/h8-11,15-16H,4-7,12H2,1-3H3,(H,21,23)/t15-,16-/m0/s1. The Labute approximate surface area is 148 Å². The number of carbonyl (C=O) groups is 3. The average Bonchev–Trinajstić information content (AvgIpc) is 2.80. The minimum Gasteiger partial charge on any atom is -0.325 e. The summed E-state index contributed by atoms with van der Waals surface area (Å²) in [5.41, 5.74) is 1.90. The second-order valence-electron chi connectivity index (χ2n) is 8.14. The van der Waals surface area contributed by atoms with Crippen LogP contribution in [-0.4, -0.2) is 29.2 Å². The number of likely N-dealkylation sites (tertiary alicyclic amines) is 1. The Bertz CT molecular complexity index is 664. The molecule has 0 radical (unpaired) electrons. The molecule has 0 spiro atoms. The van der Waals surface area contributed by atoms with Gasteiger partial charge in [0, 0.05) is 5.69 Å². The Morgan fingerprint density at radius 3 is 2.04 bits per heavy atom. The van der Waals surface area contributed by atoms with Crippen molar-refractivity contribution in [2.75, 3.05) is 11.9 Å². The third-order valence-corrected chi connectivity index (χ3v) is 5.27. The number of amides is 3. The number of hydrogen-bond donors (Lipinski definition) is 1. The van der Waals surface area contributed by atoms with Crippen molar-refractivity contribution in [2.45, 2.75) is 51.9 Å². The van der Waals surface area contributed by atoms with Gasteiger partial charge in [0.05, 0.1) is 11.8 Å². The van der Waals surface area contributed by atoms with Crippen molar-refractivity contribution < 1.29 is 14.4 Å². The van der Waals surface area contributed by atoms with Crippen LogP contribution in [0.4, 0.5) is 5.69 Å². The third-order valence-electron chi connectivity index (χ3n) is 5.27. The zero-order chi connectivity index (χ0) is 18.2. The van der Waals surface area contributed by atoms with Crippen LogP contribution >= 0.6 is 0 Å². The molecule has 2 atom stereocenters. The molecule has 1 saturated heterocycles. The maximum atomic E-state index is 12.4. The fourth-order valence-electron chi connectivity index (χ4n) is 3.78. The van der Waals surface area contributed by atoms with Gasteiger partial charge in [-0.25, -0.2) is 0 Å². The monoisotopic (exact) mass is 342 g/mol. The van der Waals surface area contributed by atoms with Gasteiger partial charge in [0.25, 0.3) is 0 Å². The van der Waals surface area contributed by atoms with Crippen molar-refractivity contribution in [3.63, 3.8) is 0 Å².